The first-order valence-corrected chi connectivity index (χ1v) is 8.42. The van der Waals surface area contributed by atoms with Crippen molar-refractivity contribution in [1.29, 1.82) is 0 Å². The van der Waals surface area contributed by atoms with Crippen LogP contribution in [0.25, 0.3) is 21.9 Å². The average Bonchev–Trinajstić information content (AvgIpc) is 2.71. The van der Waals surface area contributed by atoms with Crippen LogP contribution in [0.2, 0.25) is 0 Å². The molecule has 0 atom stereocenters. The Hall–Kier alpha value is -3.80. The fourth-order valence-electron chi connectivity index (χ4n) is 3.02. The van der Waals surface area contributed by atoms with E-state index in [9.17, 15) is 18.4 Å². The van der Waals surface area contributed by atoms with Crippen molar-refractivity contribution in [2.45, 2.75) is 0 Å². The van der Waals surface area contributed by atoms with E-state index < -0.39 is 23.2 Å². The van der Waals surface area contributed by atoms with E-state index in [2.05, 4.69) is 5.32 Å². The van der Waals surface area contributed by atoms with Gasteiger partial charge in [-0.1, -0.05) is 48.5 Å². The quantitative estimate of drug-likeness (QED) is 0.547. The number of halogens is 2. The van der Waals surface area contributed by atoms with Gasteiger partial charge < -0.3 is 9.73 Å². The number of fused-ring (bicyclic) bond motifs is 1. The predicted molar refractivity (Wildman–Crippen MR) is 102 cm³/mol. The lowest BCUT2D eigenvalue weighted by Gasteiger charge is -2.12. The Morgan fingerprint density at radius 1 is 0.857 bits per heavy atom. The highest BCUT2D eigenvalue weighted by atomic mass is 19.1. The first-order valence-electron chi connectivity index (χ1n) is 8.42. The third kappa shape index (κ3) is 3.16. The molecule has 0 bridgehead atoms. The molecule has 0 radical (unpaired) electrons. The van der Waals surface area contributed by atoms with Gasteiger partial charge in [-0.05, 0) is 23.8 Å². The number of rotatable bonds is 3. The van der Waals surface area contributed by atoms with E-state index >= 15 is 0 Å². The van der Waals surface area contributed by atoms with Crippen molar-refractivity contribution >= 4 is 22.4 Å². The molecule has 1 heterocycles. The first-order chi connectivity index (χ1) is 13.5. The van der Waals surface area contributed by atoms with Gasteiger partial charge in [0.2, 0.25) is 5.76 Å². The van der Waals surface area contributed by atoms with Crippen molar-refractivity contribution in [1.82, 2.24) is 0 Å². The molecule has 0 unspecified atom stereocenters. The number of nitrogens with one attached hydrogen (secondary N) is 1. The molecule has 3 aromatic carbocycles. The number of hydrogen-bond acceptors (Lipinski definition) is 3. The standard InChI is InChI=1S/C22H13F2NO3/c23-14-10-11-17(24)18(12-14)25-21(26)20-19(13-6-2-1-3-7-13)15-8-4-5-9-16(15)22(27)28-20/h1-12H,(H,25,26). The maximum Gasteiger partial charge on any atom is 0.344 e. The minimum atomic E-state index is -0.855. The van der Waals surface area contributed by atoms with Crippen molar-refractivity contribution in [2.75, 3.05) is 5.32 Å². The summed E-state index contributed by atoms with van der Waals surface area (Å²) in [7, 11) is 0. The number of carbonyl (C=O) groups excluding carboxylic acids is 1. The zero-order chi connectivity index (χ0) is 19.7. The smallest absolute Gasteiger partial charge is 0.344 e. The highest BCUT2D eigenvalue weighted by molar-refractivity contribution is 6.11. The topological polar surface area (TPSA) is 59.3 Å². The van der Waals surface area contributed by atoms with Crippen LogP contribution in [-0.4, -0.2) is 5.91 Å². The Labute approximate surface area is 158 Å². The second-order valence-corrected chi connectivity index (χ2v) is 6.08. The van der Waals surface area contributed by atoms with Gasteiger partial charge in [0.25, 0.3) is 5.91 Å². The molecule has 1 N–H and O–H groups in total. The molecule has 0 saturated heterocycles. The maximum atomic E-state index is 13.9. The number of amides is 1. The second-order valence-electron chi connectivity index (χ2n) is 6.08. The number of hydrogen-bond donors (Lipinski definition) is 1. The van der Waals surface area contributed by atoms with E-state index in [0.717, 1.165) is 18.2 Å². The van der Waals surface area contributed by atoms with E-state index in [-0.39, 0.29) is 11.4 Å². The minimum Gasteiger partial charge on any atom is -0.416 e. The second kappa shape index (κ2) is 7.08. The van der Waals surface area contributed by atoms with Crippen molar-refractivity contribution < 1.29 is 18.0 Å². The van der Waals surface area contributed by atoms with Crippen LogP contribution in [0.15, 0.2) is 82.0 Å². The van der Waals surface area contributed by atoms with Gasteiger partial charge in [0.1, 0.15) is 11.6 Å². The van der Waals surface area contributed by atoms with Gasteiger partial charge in [-0.3, -0.25) is 4.79 Å². The molecule has 0 aliphatic heterocycles. The van der Waals surface area contributed by atoms with Crippen LogP contribution in [0, 0.1) is 11.6 Å². The molecule has 1 aromatic heterocycles. The van der Waals surface area contributed by atoms with Crippen LogP contribution in [0.1, 0.15) is 10.6 Å². The van der Waals surface area contributed by atoms with Gasteiger partial charge in [0.05, 0.1) is 11.1 Å². The Morgan fingerprint density at radius 3 is 2.29 bits per heavy atom. The summed E-state index contributed by atoms with van der Waals surface area (Å²) < 4.78 is 32.6. The summed E-state index contributed by atoms with van der Waals surface area (Å²) in [5.74, 6) is -2.65. The Kier molecular flexibility index (Phi) is 4.45. The third-order valence-electron chi connectivity index (χ3n) is 4.28. The van der Waals surface area contributed by atoms with Gasteiger partial charge in [0, 0.05) is 17.0 Å². The molecule has 0 aliphatic rings. The Balaban J connectivity index is 1.92. The molecule has 4 rings (SSSR count). The molecule has 0 spiro atoms. The number of anilines is 1. The molecule has 0 saturated carbocycles. The fourth-order valence-corrected chi connectivity index (χ4v) is 3.02. The van der Waals surface area contributed by atoms with Crippen LogP contribution in [0.3, 0.4) is 0 Å². The third-order valence-corrected chi connectivity index (χ3v) is 4.28. The van der Waals surface area contributed by atoms with E-state index in [0.29, 0.717) is 21.9 Å². The van der Waals surface area contributed by atoms with Crippen LogP contribution >= 0.6 is 0 Å². The highest BCUT2D eigenvalue weighted by Gasteiger charge is 2.22. The van der Waals surface area contributed by atoms with E-state index in [1.807, 2.05) is 6.07 Å². The lowest BCUT2D eigenvalue weighted by molar-refractivity contribution is 0.0993. The van der Waals surface area contributed by atoms with Crippen LogP contribution < -0.4 is 10.9 Å². The van der Waals surface area contributed by atoms with Crippen molar-refractivity contribution in [3.05, 3.63) is 101 Å². The summed E-state index contributed by atoms with van der Waals surface area (Å²) >= 11 is 0. The summed E-state index contributed by atoms with van der Waals surface area (Å²) in [4.78, 5) is 25.2. The lowest BCUT2D eigenvalue weighted by Crippen LogP contribution is -2.17. The van der Waals surface area contributed by atoms with Gasteiger partial charge in [0.15, 0.2) is 0 Å². The molecule has 0 aliphatic carbocycles. The number of benzene rings is 3. The summed E-state index contributed by atoms with van der Waals surface area (Å²) in [5, 5.41) is 3.12. The van der Waals surface area contributed by atoms with Crippen LogP contribution in [-0.2, 0) is 0 Å². The zero-order valence-electron chi connectivity index (χ0n) is 14.4. The van der Waals surface area contributed by atoms with Gasteiger partial charge in [-0.2, -0.15) is 0 Å². The SMILES string of the molecule is O=C(Nc1cc(F)ccc1F)c1oc(=O)c2ccccc2c1-c1ccccc1. The Morgan fingerprint density at radius 2 is 1.54 bits per heavy atom. The molecular formula is C22H13F2NO3. The summed E-state index contributed by atoms with van der Waals surface area (Å²) in [6, 6.07) is 18.3. The lowest BCUT2D eigenvalue weighted by atomic mass is 9.98. The van der Waals surface area contributed by atoms with Gasteiger partial charge >= 0.3 is 5.63 Å². The van der Waals surface area contributed by atoms with E-state index in [1.54, 1.807) is 48.5 Å². The molecular weight excluding hydrogens is 364 g/mol. The van der Waals surface area contributed by atoms with Gasteiger partial charge in [-0.15, -0.1) is 0 Å². The monoisotopic (exact) mass is 377 g/mol. The average molecular weight is 377 g/mol. The molecule has 1 amide bonds. The van der Waals surface area contributed by atoms with Gasteiger partial charge in [-0.25, -0.2) is 13.6 Å². The predicted octanol–water partition coefficient (Wildman–Crippen LogP) is 4.99. The van der Waals surface area contributed by atoms with Crippen LogP contribution in [0.5, 0.6) is 0 Å². The minimum absolute atomic E-state index is 0.279. The highest BCUT2D eigenvalue weighted by Crippen LogP contribution is 2.31. The normalized spacial score (nSPS) is 10.8. The van der Waals surface area contributed by atoms with Crippen molar-refractivity contribution in [2.24, 2.45) is 0 Å². The van der Waals surface area contributed by atoms with E-state index in [4.69, 9.17) is 4.42 Å². The summed E-state index contributed by atoms with van der Waals surface area (Å²) in [5.41, 5.74) is -0.00242. The largest absolute Gasteiger partial charge is 0.416 e. The molecule has 4 nitrogen and oxygen atoms in total. The number of carbonyl (C=O) groups is 1. The van der Waals surface area contributed by atoms with Crippen LogP contribution in [0.4, 0.5) is 14.5 Å². The summed E-state index contributed by atoms with van der Waals surface area (Å²) in [6.45, 7) is 0. The maximum absolute atomic E-state index is 13.9. The van der Waals surface area contributed by atoms with E-state index in [1.165, 1.54) is 0 Å². The Bertz CT molecular complexity index is 1250. The summed E-state index contributed by atoms with van der Waals surface area (Å²) in [6.07, 6.45) is 0. The molecule has 28 heavy (non-hydrogen) atoms. The fraction of sp³-hybridized carbons (Fsp3) is 0. The molecule has 6 heteroatoms. The molecule has 138 valence electrons. The molecule has 4 aromatic rings. The van der Waals surface area contributed by atoms with Crippen molar-refractivity contribution in [3.63, 3.8) is 0 Å². The first kappa shape index (κ1) is 17.6. The molecule has 0 fully saturated rings. The zero-order valence-corrected chi connectivity index (χ0v) is 14.4. The van der Waals surface area contributed by atoms with Crippen molar-refractivity contribution in [3.8, 4) is 11.1 Å².